The van der Waals surface area contributed by atoms with Gasteiger partial charge in [-0.05, 0) is 26.0 Å². The zero-order valence-electron chi connectivity index (χ0n) is 10.7. The average molecular weight is 280 g/mol. The lowest BCUT2D eigenvalue weighted by molar-refractivity contribution is 0.0951. The van der Waals surface area contributed by atoms with Crippen LogP contribution >= 0.6 is 11.6 Å². The number of carbonyl (C=O) groups is 1. The van der Waals surface area contributed by atoms with Gasteiger partial charge in [-0.1, -0.05) is 22.8 Å². The highest BCUT2D eigenvalue weighted by Gasteiger charge is 2.14. The third-order valence-corrected chi connectivity index (χ3v) is 3.23. The van der Waals surface area contributed by atoms with E-state index in [1.165, 1.54) is 0 Å². The Morgan fingerprint density at radius 3 is 2.84 bits per heavy atom. The first-order chi connectivity index (χ1) is 9.00. The van der Waals surface area contributed by atoms with E-state index in [2.05, 4.69) is 10.5 Å². The van der Waals surface area contributed by atoms with Crippen molar-refractivity contribution in [3.63, 3.8) is 0 Å². The van der Waals surface area contributed by atoms with E-state index in [-0.39, 0.29) is 11.6 Å². The molecule has 0 radical (unpaired) electrons. The van der Waals surface area contributed by atoms with Crippen LogP contribution in [0.5, 0.6) is 0 Å². The Morgan fingerprint density at radius 2 is 2.21 bits per heavy atom. The minimum absolute atomic E-state index is 0.278. The zero-order valence-corrected chi connectivity index (χ0v) is 11.4. The van der Waals surface area contributed by atoms with Gasteiger partial charge in [0.1, 0.15) is 5.76 Å². The summed E-state index contributed by atoms with van der Waals surface area (Å²) in [6.45, 7) is 3.97. The van der Waals surface area contributed by atoms with Crippen molar-refractivity contribution < 1.29 is 9.32 Å². The van der Waals surface area contributed by atoms with E-state index in [9.17, 15) is 4.79 Å². The third-order valence-electron chi connectivity index (χ3n) is 2.90. The smallest absolute Gasteiger partial charge is 0.253 e. The van der Waals surface area contributed by atoms with Crippen LogP contribution in [0.3, 0.4) is 0 Å². The fourth-order valence-corrected chi connectivity index (χ4v) is 1.93. The summed E-state index contributed by atoms with van der Waals surface area (Å²) >= 11 is 5.88. The zero-order chi connectivity index (χ0) is 14.0. The Bertz CT molecular complexity index is 603. The second kappa shape index (κ2) is 5.32. The molecule has 2 aromatic rings. The van der Waals surface area contributed by atoms with Gasteiger partial charge in [0, 0.05) is 12.1 Å². The van der Waals surface area contributed by atoms with Crippen molar-refractivity contribution in [3.8, 4) is 0 Å². The molecule has 0 bridgehead atoms. The maximum atomic E-state index is 12.0. The van der Waals surface area contributed by atoms with Crippen LogP contribution in [-0.4, -0.2) is 11.1 Å². The van der Waals surface area contributed by atoms with Gasteiger partial charge in [-0.2, -0.15) is 0 Å². The van der Waals surface area contributed by atoms with Gasteiger partial charge >= 0.3 is 0 Å². The number of nitrogen functional groups attached to an aromatic ring is 1. The number of hydrogen-bond acceptors (Lipinski definition) is 4. The molecule has 0 aliphatic carbocycles. The number of benzene rings is 1. The number of hydrogen-bond donors (Lipinski definition) is 2. The van der Waals surface area contributed by atoms with E-state index < -0.39 is 0 Å². The number of nitrogens with one attached hydrogen (secondary N) is 1. The summed E-state index contributed by atoms with van der Waals surface area (Å²) in [5, 5.41) is 6.97. The maximum absolute atomic E-state index is 12.0. The van der Waals surface area contributed by atoms with Crippen molar-refractivity contribution in [2.24, 2.45) is 0 Å². The molecular weight excluding hydrogens is 266 g/mol. The van der Waals surface area contributed by atoms with Crippen molar-refractivity contribution in [3.05, 3.63) is 45.8 Å². The summed E-state index contributed by atoms with van der Waals surface area (Å²) < 4.78 is 5.03. The second-order valence-electron chi connectivity index (χ2n) is 4.19. The highest BCUT2D eigenvalue weighted by molar-refractivity contribution is 6.33. The number of nitrogens with two attached hydrogens (primary N) is 1. The lowest BCUT2D eigenvalue weighted by atomic mass is 10.1. The van der Waals surface area contributed by atoms with Crippen LogP contribution in [0.15, 0.2) is 22.7 Å². The highest BCUT2D eigenvalue weighted by atomic mass is 35.5. The fraction of sp³-hybridized carbons (Fsp3) is 0.231. The number of anilines is 1. The van der Waals surface area contributed by atoms with E-state index >= 15 is 0 Å². The Morgan fingerprint density at radius 1 is 1.47 bits per heavy atom. The minimum Gasteiger partial charge on any atom is -0.397 e. The van der Waals surface area contributed by atoms with Gasteiger partial charge in [0.2, 0.25) is 0 Å². The second-order valence-corrected chi connectivity index (χ2v) is 4.59. The van der Waals surface area contributed by atoms with Crippen molar-refractivity contribution in [2.45, 2.75) is 20.4 Å². The van der Waals surface area contributed by atoms with Crippen LogP contribution in [0.1, 0.15) is 27.4 Å². The highest BCUT2D eigenvalue weighted by Crippen LogP contribution is 2.22. The molecule has 5 nitrogen and oxygen atoms in total. The molecule has 0 saturated heterocycles. The molecule has 1 heterocycles. The Hall–Kier alpha value is -2.01. The van der Waals surface area contributed by atoms with Gasteiger partial charge in [0.15, 0.2) is 0 Å². The van der Waals surface area contributed by atoms with Crippen molar-refractivity contribution in [1.82, 2.24) is 10.5 Å². The summed E-state index contributed by atoms with van der Waals surface area (Å²) in [5.41, 5.74) is 8.04. The molecule has 0 saturated carbocycles. The maximum Gasteiger partial charge on any atom is 0.253 e. The summed E-state index contributed by atoms with van der Waals surface area (Å²) in [4.78, 5) is 12.0. The van der Waals surface area contributed by atoms with Crippen LogP contribution in [0.25, 0.3) is 0 Å². The topological polar surface area (TPSA) is 81.2 Å². The van der Waals surface area contributed by atoms with Gasteiger partial charge in [-0.3, -0.25) is 4.79 Å². The molecule has 100 valence electrons. The number of nitrogens with zero attached hydrogens (tertiary/aromatic N) is 1. The van der Waals surface area contributed by atoms with E-state index in [1.807, 2.05) is 6.92 Å². The van der Waals surface area contributed by atoms with Crippen molar-refractivity contribution in [2.75, 3.05) is 5.73 Å². The molecule has 1 aromatic heterocycles. The van der Waals surface area contributed by atoms with Crippen LogP contribution in [-0.2, 0) is 6.54 Å². The van der Waals surface area contributed by atoms with Crippen LogP contribution in [0.4, 0.5) is 5.69 Å². The Balaban J connectivity index is 2.12. The molecular formula is C13H14ClN3O2. The first-order valence-electron chi connectivity index (χ1n) is 5.74. The van der Waals surface area contributed by atoms with Crippen LogP contribution in [0.2, 0.25) is 5.02 Å². The average Bonchev–Trinajstić information content (AvgIpc) is 2.70. The molecule has 6 heteroatoms. The molecule has 0 aliphatic rings. The lowest BCUT2D eigenvalue weighted by Gasteiger charge is -2.08. The molecule has 1 amide bonds. The number of aromatic nitrogens is 1. The molecule has 0 aliphatic heterocycles. The first kappa shape index (κ1) is 13.4. The largest absolute Gasteiger partial charge is 0.397 e. The number of carbonyl (C=O) groups excluding carboxylic acids is 1. The Labute approximate surface area is 115 Å². The molecule has 0 atom stereocenters. The van der Waals surface area contributed by atoms with Crippen molar-refractivity contribution in [1.29, 1.82) is 0 Å². The van der Waals surface area contributed by atoms with Crippen LogP contribution in [0, 0.1) is 13.8 Å². The number of halogens is 1. The quantitative estimate of drug-likeness (QED) is 0.846. The number of para-hydroxylation sites is 1. The Kier molecular flexibility index (Phi) is 3.76. The molecule has 3 N–H and O–H groups in total. The van der Waals surface area contributed by atoms with Crippen LogP contribution < -0.4 is 11.1 Å². The van der Waals surface area contributed by atoms with Crippen molar-refractivity contribution >= 4 is 23.2 Å². The van der Waals surface area contributed by atoms with E-state index in [1.54, 1.807) is 25.1 Å². The number of aryl methyl sites for hydroxylation is 2. The summed E-state index contributed by atoms with van der Waals surface area (Å²) in [6, 6.07) is 4.95. The van der Waals surface area contributed by atoms with Gasteiger partial charge < -0.3 is 15.6 Å². The van der Waals surface area contributed by atoms with Gasteiger partial charge in [-0.25, -0.2) is 0 Å². The van der Waals surface area contributed by atoms with Gasteiger partial charge in [0.25, 0.3) is 5.91 Å². The van der Waals surface area contributed by atoms with E-state index in [4.69, 9.17) is 21.9 Å². The molecule has 1 aromatic carbocycles. The minimum atomic E-state index is -0.278. The SMILES string of the molecule is Cc1noc(C)c1CNC(=O)c1cccc(Cl)c1N. The lowest BCUT2D eigenvalue weighted by Crippen LogP contribution is -2.24. The monoisotopic (exact) mass is 279 g/mol. The first-order valence-corrected chi connectivity index (χ1v) is 6.12. The number of amides is 1. The molecule has 0 spiro atoms. The normalized spacial score (nSPS) is 10.5. The molecule has 0 unspecified atom stereocenters. The van der Waals surface area contributed by atoms with Gasteiger partial charge in [-0.15, -0.1) is 0 Å². The predicted molar refractivity (Wildman–Crippen MR) is 73.0 cm³/mol. The standard InChI is InChI=1S/C13H14ClN3O2/c1-7-10(8(2)19-17-7)6-16-13(18)9-4-3-5-11(14)12(9)15/h3-5H,6,15H2,1-2H3,(H,16,18). The molecule has 0 fully saturated rings. The summed E-state index contributed by atoms with van der Waals surface area (Å²) in [5.74, 6) is 0.414. The number of rotatable bonds is 3. The van der Waals surface area contributed by atoms with Gasteiger partial charge in [0.05, 0.1) is 22.0 Å². The molecule has 2 rings (SSSR count). The fourth-order valence-electron chi connectivity index (χ4n) is 1.75. The van der Waals surface area contributed by atoms with E-state index in [0.717, 1.165) is 11.3 Å². The third kappa shape index (κ3) is 2.71. The van der Waals surface area contributed by atoms with E-state index in [0.29, 0.717) is 22.9 Å². The summed E-state index contributed by atoms with van der Waals surface area (Å²) in [7, 11) is 0. The molecule has 19 heavy (non-hydrogen) atoms. The summed E-state index contributed by atoms with van der Waals surface area (Å²) in [6.07, 6.45) is 0. The predicted octanol–water partition coefficient (Wildman–Crippen LogP) is 2.46.